The normalized spacial score (nSPS) is 11.7. The molecule has 0 spiro atoms. The van der Waals surface area contributed by atoms with Crippen molar-refractivity contribution in [3.63, 3.8) is 0 Å². The number of nitrogens with zero attached hydrogens (tertiary/aromatic N) is 1. The van der Waals surface area contributed by atoms with Crippen LogP contribution in [0.2, 0.25) is 5.02 Å². The standard InChI is InChI=1S/C20H17ClN2O/c21-17-8-6-16(7-9-17)19(14-15-4-2-1-3-5-15)20(24)23-18-10-12-22-13-11-18/h1-13,19H,14H2,(H,22,23,24). The minimum absolute atomic E-state index is 0.0487. The highest BCUT2D eigenvalue weighted by Crippen LogP contribution is 2.24. The van der Waals surface area contributed by atoms with E-state index in [9.17, 15) is 4.79 Å². The number of rotatable bonds is 5. The number of aromatic nitrogens is 1. The molecule has 3 rings (SSSR count). The van der Waals surface area contributed by atoms with E-state index in [1.165, 1.54) is 0 Å². The SMILES string of the molecule is O=C(Nc1ccncc1)C(Cc1ccccc1)c1ccc(Cl)cc1. The quantitative estimate of drug-likeness (QED) is 0.733. The van der Waals surface area contributed by atoms with Crippen molar-refractivity contribution in [2.24, 2.45) is 0 Å². The van der Waals surface area contributed by atoms with E-state index in [-0.39, 0.29) is 11.8 Å². The Bertz CT molecular complexity index is 789. The molecule has 4 heteroatoms. The lowest BCUT2D eigenvalue weighted by Gasteiger charge is -2.18. The lowest BCUT2D eigenvalue weighted by Crippen LogP contribution is -2.23. The first-order valence-corrected chi connectivity index (χ1v) is 8.10. The second-order valence-corrected chi connectivity index (χ2v) is 5.96. The molecule has 1 heterocycles. The highest BCUT2D eigenvalue weighted by atomic mass is 35.5. The lowest BCUT2D eigenvalue weighted by molar-refractivity contribution is -0.117. The van der Waals surface area contributed by atoms with E-state index in [0.717, 1.165) is 16.8 Å². The average Bonchev–Trinajstić information content (AvgIpc) is 2.62. The molecule has 3 aromatic rings. The topological polar surface area (TPSA) is 42.0 Å². The third kappa shape index (κ3) is 4.21. The van der Waals surface area contributed by atoms with Crippen LogP contribution in [0.4, 0.5) is 5.69 Å². The third-order valence-electron chi connectivity index (χ3n) is 3.82. The Morgan fingerprint density at radius 3 is 2.29 bits per heavy atom. The second-order valence-electron chi connectivity index (χ2n) is 5.52. The number of carbonyl (C=O) groups is 1. The van der Waals surface area contributed by atoms with Gasteiger partial charge in [-0.2, -0.15) is 0 Å². The molecule has 1 N–H and O–H groups in total. The van der Waals surface area contributed by atoms with E-state index in [1.807, 2.05) is 54.6 Å². The van der Waals surface area contributed by atoms with Crippen LogP contribution in [0, 0.1) is 0 Å². The summed E-state index contributed by atoms with van der Waals surface area (Å²) in [7, 11) is 0. The number of nitrogens with one attached hydrogen (secondary N) is 1. The maximum atomic E-state index is 12.8. The summed E-state index contributed by atoms with van der Waals surface area (Å²) in [5.41, 5.74) is 2.79. The van der Waals surface area contributed by atoms with Gasteiger partial charge in [0.1, 0.15) is 0 Å². The number of anilines is 1. The lowest BCUT2D eigenvalue weighted by atomic mass is 9.91. The molecule has 0 bridgehead atoms. The number of amides is 1. The number of halogens is 1. The maximum Gasteiger partial charge on any atom is 0.232 e. The first-order chi connectivity index (χ1) is 11.7. The highest BCUT2D eigenvalue weighted by molar-refractivity contribution is 6.30. The van der Waals surface area contributed by atoms with Crippen LogP contribution in [0.25, 0.3) is 0 Å². The average molecular weight is 337 g/mol. The van der Waals surface area contributed by atoms with Gasteiger partial charge in [0.25, 0.3) is 0 Å². The highest BCUT2D eigenvalue weighted by Gasteiger charge is 2.21. The van der Waals surface area contributed by atoms with E-state index >= 15 is 0 Å². The van der Waals surface area contributed by atoms with Crippen LogP contribution in [-0.4, -0.2) is 10.9 Å². The van der Waals surface area contributed by atoms with Crippen LogP contribution in [0.5, 0.6) is 0 Å². The molecule has 0 saturated heterocycles. The molecule has 1 aromatic heterocycles. The Kier molecular flexibility index (Phi) is 5.24. The molecule has 24 heavy (non-hydrogen) atoms. The molecule has 2 aromatic carbocycles. The molecule has 0 fully saturated rings. The number of hydrogen-bond donors (Lipinski definition) is 1. The van der Waals surface area contributed by atoms with Gasteiger partial charge < -0.3 is 5.32 Å². The Morgan fingerprint density at radius 2 is 1.62 bits per heavy atom. The van der Waals surface area contributed by atoms with Crippen molar-refractivity contribution in [1.29, 1.82) is 0 Å². The molecular weight excluding hydrogens is 320 g/mol. The summed E-state index contributed by atoms with van der Waals surface area (Å²) in [6.07, 6.45) is 3.94. The first-order valence-electron chi connectivity index (χ1n) is 7.72. The van der Waals surface area contributed by atoms with Gasteiger partial charge in [-0.15, -0.1) is 0 Å². The largest absolute Gasteiger partial charge is 0.325 e. The van der Waals surface area contributed by atoms with Gasteiger partial charge in [-0.25, -0.2) is 0 Å². The first kappa shape index (κ1) is 16.2. The fourth-order valence-corrected chi connectivity index (χ4v) is 2.70. The summed E-state index contributed by atoms with van der Waals surface area (Å²) in [4.78, 5) is 16.8. The summed E-state index contributed by atoms with van der Waals surface area (Å²) >= 11 is 5.98. The van der Waals surface area contributed by atoms with Crippen LogP contribution < -0.4 is 5.32 Å². The Labute approximate surface area is 146 Å². The molecule has 120 valence electrons. The van der Waals surface area contributed by atoms with Crippen molar-refractivity contribution in [3.05, 3.63) is 95.3 Å². The number of hydrogen-bond acceptors (Lipinski definition) is 2. The molecule has 1 unspecified atom stereocenters. The van der Waals surface area contributed by atoms with Crippen molar-refractivity contribution in [2.45, 2.75) is 12.3 Å². The summed E-state index contributed by atoms with van der Waals surface area (Å²) in [6, 6.07) is 21.0. The molecular formula is C20H17ClN2O. The zero-order chi connectivity index (χ0) is 16.8. The van der Waals surface area contributed by atoms with Crippen molar-refractivity contribution >= 4 is 23.2 Å². The van der Waals surface area contributed by atoms with Crippen LogP contribution in [0.1, 0.15) is 17.0 Å². The van der Waals surface area contributed by atoms with Gasteiger partial charge in [-0.1, -0.05) is 54.1 Å². The molecule has 0 aliphatic carbocycles. The molecule has 0 radical (unpaired) electrons. The van der Waals surface area contributed by atoms with Crippen LogP contribution >= 0.6 is 11.6 Å². The van der Waals surface area contributed by atoms with Crippen LogP contribution in [-0.2, 0) is 11.2 Å². The van der Waals surface area contributed by atoms with Gasteiger partial charge >= 0.3 is 0 Å². The van der Waals surface area contributed by atoms with Gasteiger partial charge in [0, 0.05) is 23.1 Å². The summed E-state index contributed by atoms with van der Waals surface area (Å²) in [6.45, 7) is 0. The molecule has 0 aliphatic rings. The van der Waals surface area contributed by atoms with Crippen molar-refractivity contribution < 1.29 is 4.79 Å². The Hall–Kier alpha value is -2.65. The third-order valence-corrected chi connectivity index (χ3v) is 4.07. The molecule has 3 nitrogen and oxygen atoms in total. The summed E-state index contributed by atoms with van der Waals surface area (Å²) in [5, 5.41) is 3.62. The van der Waals surface area contributed by atoms with E-state index in [2.05, 4.69) is 10.3 Å². The maximum absolute atomic E-state index is 12.8. The number of pyridine rings is 1. The van der Waals surface area contributed by atoms with Crippen molar-refractivity contribution in [1.82, 2.24) is 4.98 Å². The molecule has 1 amide bonds. The van der Waals surface area contributed by atoms with Gasteiger partial charge in [0.2, 0.25) is 5.91 Å². The van der Waals surface area contributed by atoms with Crippen molar-refractivity contribution in [2.75, 3.05) is 5.32 Å². The Morgan fingerprint density at radius 1 is 0.958 bits per heavy atom. The minimum Gasteiger partial charge on any atom is -0.325 e. The van der Waals surface area contributed by atoms with E-state index < -0.39 is 0 Å². The molecule has 1 atom stereocenters. The molecule has 0 saturated carbocycles. The zero-order valence-corrected chi connectivity index (χ0v) is 13.8. The van der Waals surface area contributed by atoms with Gasteiger partial charge in [0.15, 0.2) is 0 Å². The number of benzene rings is 2. The summed E-state index contributed by atoms with van der Waals surface area (Å²) in [5.74, 6) is -0.342. The number of carbonyl (C=O) groups excluding carboxylic acids is 1. The predicted molar refractivity (Wildman–Crippen MR) is 97.2 cm³/mol. The smallest absolute Gasteiger partial charge is 0.232 e. The van der Waals surface area contributed by atoms with Crippen LogP contribution in [0.3, 0.4) is 0 Å². The van der Waals surface area contributed by atoms with Crippen molar-refractivity contribution in [3.8, 4) is 0 Å². The summed E-state index contributed by atoms with van der Waals surface area (Å²) < 4.78 is 0. The van der Waals surface area contributed by atoms with Gasteiger partial charge in [0.05, 0.1) is 5.92 Å². The van der Waals surface area contributed by atoms with Gasteiger partial charge in [-0.3, -0.25) is 9.78 Å². The fourth-order valence-electron chi connectivity index (χ4n) is 2.57. The molecule has 0 aliphatic heterocycles. The second kappa shape index (κ2) is 7.75. The van der Waals surface area contributed by atoms with E-state index in [1.54, 1.807) is 24.5 Å². The van der Waals surface area contributed by atoms with E-state index in [0.29, 0.717) is 11.4 Å². The Balaban J connectivity index is 1.86. The predicted octanol–water partition coefficient (Wildman–Crippen LogP) is 4.70. The van der Waals surface area contributed by atoms with Gasteiger partial charge in [-0.05, 0) is 41.8 Å². The monoisotopic (exact) mass is 336 g/mol. The fraction of sp³-hybridized carbons (Fsp3) is 0.100. The zero-order valence-electron chi connectivity index (χ0n) is 13.0. The minimum atomic E-state index is -0.294. The van der Waals surface area contributed by atoms with E-state index in [4.69, 9.17) is 11.6 Å². The van der Waals surface area contributed by atoms with Crippen LogP contribution in [0.15, 0.2) is 79.1 Å².